The fraction of sp³-hybridized carbons (Fsp3) is 0.320. The van der Waals surface area contributed by atoms with Gasteiger partial charge in [-0.25, -0.2) is 9.97 Å². The molecule has 4 rings (SSSR count). The van der Waals surface area contributed by atoms with Crippen molar-refractivity contribution in [2.24, 2.45) is 0 Å². The van der Waals surface area contributed by atoms with Gasteiger partial charge in [-0.1, -0.05) is 23.5 Å². The Hall–Kier alpha value is -3.67. The number of amides is 1. The first kappa shape index (κ1) is 26.9. The van der Waals surface area contributed by atoms with Crippen molar-refractivity contribution < 1.29 is 9.59 Å². The molecule has 1 amide bonds. The van der Waals surface area contributed by atoms with E-state index in [1.807, 2.05) is 25.1 Å². The first-order chi connectivity index (χ1) is 17.3. The van der Waals surface area contributed by atoms with E-state index in [0.29, 0.717) is 21.5 Å². The fourth-order valence-corrected chi connectivity index (χ4v) is 3.88. The molecule has 0 bridgehead atoms. The maximum Gasteiger partial charge on any atom is 0.267 e. The van der Waals surface area contributed by atoms with Crippen LogP contribution in [0.25, 0.3) is 10.9 Å². The summed E-state index contributed by atoms with van der Waals surface area (Å²) in [6.45, 7) is 4.22. The number of nitrogens with one attached hydrogen (secondary N) is 3. The minimum atomic E-state index is -0.245. The van der Waals surface area contributed by atoms with Crippen LogP contribution in [0.1, 0.15) is 20.9 Å². The van der Waals surface area contributed by atoms with Crippen LogP contribution in [0, 0.1) is 6.92 Å². The molecular weight excluding hydrogens is 476 g/mol. The summed E-state index contributed by atoms with van der Waals surface area (Å²) >= 11 is 1.22. The molecule has 0 aliphatic rings. The zero-order valence-electron chi connectivity index (χ0n) is 21.2. The molecule has 0 saturated carbocycles. The predicted octanol–water partition coefficient (Wildman–Crippen LogP) is 3.57. The number of anilines is 3. The maximum atomic E-state index is 12.7. The molecule has 0 aliphatic heterocycles. The number of hydrogen-bond acceptors (Lipinski definition) is 9. The van der Waals surface area contributed by atoms with Crippen LogP contribution in [0.3, 0.4) is 0 Å². The number of benzene rings is 1. The van der Waals surface area contributed by atoms with Gasteiger partial charge in [0.05, 0.1) is 23.6 Å². The van der Waals surface area contributed by atoms with Crippen LogP contribution in [-0.4, -0.2) is 83.4 Å². The zero-order valence-corrected chi connectivity index (χ0v) is 22.0. The molecule has 0 fully saturated rings. The number of rotatable bonds is 9. The van der Waals surface area contributed by atoms with Crippen molar-refractivity contribution in [1.82, 2.24) is 30.0 Å². The van der Waals surface area contributed by atoms with E-state index in [-0.39, 0.29) is 12.3 Å². The van der Waals surface area contributed by atoms with Gasteiger partial charge in [0, 0.05) is 30.6 Å². The van der Waals surface area contributed by atoms with E-state index in [9.17, 15) is 9.59 Å². The Morgan fingerprint density at radius 3 is 2.53 bits per heavy atom. The molecule has 190 valence electrons. The summed E-state index contributed by atoms with van der Waals surface area (Å²) in [4.78, 5) is 36.7. The van der Waals surface area contributed by atoms with E-state index in [2.05, 4.69) is 68.8 Å². The summed E-state index contributed by atoms with van der Waals surface area (Å²) in [5, 5.41) is 14.3. The van der Waals surface area contributed by atoms with E-state index >= 15 is 0 Å². The highest BCUT2D eigenvalue weighted by Gasteiger charge is 2.15. The third kappa shape index (κ3) is 7.67. The second kappa shape index (κ2) is 12.9. The molecular formula is C25H32N8O2S. The number of likely N-dealkylation sites (N-methyl/N-ethyl adjacent to an activating group) is 2. The highest BCUT2D eigenvalue weighted by atomic mass is 32.1. The lowest BCUT2D eigenvalue weighted by molar-refractivity contribution is -0.107. The van der Waals surface area contributed by atoms with Gasteiger partial charge in [0.15, 0.2) is 5.13 Å². The smallest absolute Gasteiger partial charge is 0.267 e. The minimum Gasteiger partial charge on any atom is -0.320 e. The molecule has 3 N–H and O–H groups in total. The second-order valence-electron chi connectivity index (χ2n) is 8.69. The predicted molar refractivity (Wildman–Crippen MR) is 145 cm³/mol. The van der Waals surface area contributed by atoms with Gasteiger partial charge in [0.25, 0.3) is 5.91 Å². The number of fused-ring (bicyclic) bond motifs is 1. The summed E-state index contributed by atoms with van der Waals surface area (Å²) in [5.41, 5.74) is 3.19. The summed E-state index contributed by atoms with van der Waals surface area (Å²) in [7, 11) is 8.35. The van der Waals surface area contributed by atoms with E-state index in [4.69, 9.17) is 0 Å². The van der Waals surface area contributed by atoms with Crippen molar-refractivity contribution in [3.63, 3.8) is 0 Å². The lowest BCUT2D eigenvalue weighted by Gasteiger charge is -2.13. The van der Waals surface area contributed by atoms with Gasteiger partial charge in [0.1, 0.15) is 17.0 Å². The largest absolute Gasteiger partial charge is 0.320 e. The van der Waals surface area contributed by atoms with Gasteiger partial charge >= 0.3 is 0 Å². The maximum absolute atomic E-state index is 12.7. The molecule has 3 heterocycles. The first-order valence-corrected chi connectivity index (χ1v) is 12.2. The number of aldehydes is 1. The van der Waals surface area contributed by atoms with Gasteiger partial charge in [-0.15, -0.1) is 0 Å². The Morgan fingerprint density at radius 1 is 1.08 bits per heavy atom. The molecule has 11 heteroatoms. The molecule has 1 aromatic carbocycles. The molecule has 0 unspecified atom stereocenters. The normalized spacial score (nSPS) is 10.9. The van der Waals surface area contributed by atoms with E-state index in [1.165, 1.54) is 17.5 Å². The van der Waals surface area contributed by atoms with Crippen LogP contribution in [0.2, 0.25) is 0 Å². The lowest BCUT2D eigenvalue weighted by Crippen LogP contribution is -2.25. The fourth-order valence-electron chi connectivity index (χ4n) is 3.16. The topological polar surface area (TPSA) is 119 Å². The van der Waals surface area contributed by atoms with Gasteiger partial charge in [0.2, 0.25) is 0 Å². The van der Waals surface area contributed by atoms with Crippen molar-refractivity contribution in [2.75, 3.05) is 51.9 Å². The molecule has 0 spiro atoms. The van der Waals surface area contributed by atoms with Crippen LogP contribution >= 0.6 is 11.3 Å². The Balaban J connectivity index is 0.000000392. The zero-order chi connectivity index (χ0) is 26.1. The number of hydrogen-bond donors (Lipinski definition) is 3. The SMILES string of the molecule is CN(C)CCN(C)C.Cc1ccc2[nH]ncc2c1NC(=O)c1cnc(Nc2cccc(CC=O)n2)s1. The number of carbonyl (C=O) groups is 2. The lowest BCUT2D eigenvalue weighted by atomic mass is 10.1. The molecule has 36 heavy (non-hydrogen) atoms. The molecule has 4 aromatic rings. The molecule has 3 aromatic heterocycles. The second-order valence-corrected chi connectivity index (χ2v) is 9.72. The Bertz CT molecular complexity index is 1290. The monoisotopic (exact) mass is 508 g/mol. The molecule has 0 radical (unpaired) electrons. The van der Waals surface area contributed by atoms with E-state index < -0.39 is 0 Å². The van der Waals surface area contributed by atoms with Crippen LogP contribution in [0.4, 0.5) is 16.6 Å². The number of thiazole rings is 1. The minimum absolute atomic E-state index is 0.245. The van der Waals surface area contributed by atoms with Crippen molar-refractivity contribution in [3.05, 3.63) is 58.9 Å². The molecule has 0 aliphatic carbocycles. The van der Waals surface area contributed by atoms with Crippen molar-refractivity contribution in [1.29, 1.82) is 0 Å². The highest BCUT2D eigenvalue weighted by Crippen LogP contribution is 2.28. The number of H-pyrrole nitrogens is 1. The molecule has 0 saturated heterocycles. The third-order valence-electron chi connectivity index (χ3n) is 5.13. The van der Waals surface area contributed by atoms with E-state index in [1.54, 1.807) is 18.3 Å². The Labute approximate surface area is 214 Å². The number of aromatic amines is 1. The van der Waals surface area contributed by atoms with Crippen molar-refractivity contribution in [3.8, 4) is 0 Å². The molecule has 0 atom stereocenters. The summed E-state index contributed by atoms with van der Waals surface area (Å²) < 4.78 is 0. The van der Waals surface area contributed by atoms with Crippen molar-refractivity contribution in [2.45, 2.75) is 13.3 Å². The standard InChI is InChI=1S/C19H16N6O2S.C6H16N2/c1-11-5-6-14-13(9-21-25-14)17(11)24-18(27)15-10-20-19(28-15)23-16-4-2-3-12(22-16)7-8-26;1-7(2)5-6-8(3)4/h2-6,8-10H,7H2,1H3,(H,21,25)(H,24,27)(H,20,22,23);5-6H2,1-4H3. The molecule has 10 nitrogen and oxygen atoms in total. The van der Waals surface area contributed by atoms with Crippen LogP contribution in [0.15, 0.2) is 42.7 Å². The van der Waals surface area contributed by atoms with Gasteiger partial charge in [-0.3, -0.25) is 9.89 Å². The number of aryl methyl sites for hydroxylation is 1. The summed E-state index contributed by atoms with van der Waals surface area (Å²) in [6.07, 6.45) is 4.26. The van der Waals surface area contributed by atoms with Crippen LogP contribution in [-0.2, 0) is 11.2 Å². The number of aromatic nitrogens is 4. The summed E-state index contributed by atoms with van der Waals surface area (Å²) in [6, 6.07) is 9.21. The summed E-state index contributed by atoms with van der Waals surface area (Å²) in [5.74, 6) is 0.324. The third-order valence-corrected chi connectivity index (χ3v) is 6.04. The number of carbonyl (C=O) groups excluding carboxylic acids is 2. The average molecular weight is 509 g/mol. The van der Waals surface area contributed by atoms with Crippen molar-refractivity contribution >= 4 is 51.1 Å². The van der Waals surface area contributed by atoms with E-state index in [0.717, 1.165) is 41.5 Å². The first-order valence-electron chi connectivity index (χ1n) is 11.4. The highest BCUT2D eigenvalue weighted by molar-refractivity contribution is 7.17. The van der Waals surface area contributed by atoms with Gasteiger partial charge < -0.3 is 25.2 Å². The Morgan fingerprint density at radius 2 is 1.83 bits per heavy atom. The van der Waals surface area contributed by atoms with Crippen LogP contribution < -0.4 is 10.6 Å². The van der Waals surface area contributed by atoms with Crippen LogP contribution in [0.5, 0.6) is 0 Å². The average Bonchev–Trinajstić information content (AvgIpc) is 3.50. The van der Waals surface area contributed by atoms with Gasteiger partial charge in [-0.05, 0) is 58.9 Å². The van der Waals surface area contributed by atoms with Gasteiger partial charge in [-0.2, -0.15) is 5.10 Å². The number of nitrogens with zero attached hydrogens (tertiary/aromatic N) is 5. The number of pyridine rings is 1. The quantitative estimate of drug-likeness (QED) is 0.294. The Kier molecular flexibility index (Phi) is 9.62.